The van der Waals surface area contributed by atoms with Crippen molar-refractivity contribution in [3.63, 3.8) is 0 Å². The molecule has 1 spiro atoms. The van der Waals surface area contributed by atoms with Gasteiger partial charge in [0.05, 0.1) is 19.8 Å². The number of carbonyl (C=O) groups excluding carboxylic acids is 2. The minimum Gasteiger partial charge on any atom is -0.487 e. The lowest BCUT2D eigenvalue weighted by molar-refractivity contribution is 0.00956. The van der Waals surface area contributed by atoms with Crippen molar-refractivity contribution in [2.75, 3.05) is 51.3 Å². The van der Waals surface area contributed by atoms with Crippen LogP contribution in [-0.4, -0.2) is 73.5 Å². The lowest BCUT2D eigenvalue weighted by Gasteiger charge is -2.38. The first-order valence-electron chi connectivity index (χ1n) is 13.3. The molecule has 2 saturated heterocycles. The standard InChI is InChI=1S/C29H36FN3O5/c1-28(2,3)19-37-27(35)33-10-8-29(9-11-33)18-21-16-20(4-7-25(21)38-29)23-6-5-22(17-24(23)30)31-26(34)32-12-14-36-15-13-32/h4-7,16-17H,8-15,18-19H2,1-3H3,(H,31,34). The molecule has 3 amide bonds. The highest BCUT2D eigenvalue weighted by Gasteiger charge is 2.43. The molecule has 2 fully saturated rings. The fraction of sp³-hybridized carbons (Fsp3) is 0.517. The molecule has 0 radical (unpaired) electrons. The summed E-state index contributed by atoms with van der Waals surface area (Å²) in [6, 6.07) is 10.3. The van der Waals surface area contributed by atoms with E-state index in [4.69, 9.17) is 14.2 Å². The summed E-state index contributed by atoms with van der Waals surface area (Å²) in [5.41, 5.74) is 2.26. The number of halogens is 1. The number of hydrogen-bond acceptors (Lipinski definition) is 5. The highest BCUT2D eigenvalue weighted by atomic mass is 19.1. The van der Waals surface area contributed by atoms with Crippen LogP contribution in [0.5, 0.6) is 5.75 Å². The van der Waals surface area contributed by atoms with Gasteiger partial charge in [0.25, 0.3) is 0 Å². The number of ether oxygens (including phenoxy) is 3. The van der Waals surface area contributed by atoms with E-state index in [2.05, 4.69) is 5.32 Å². The van der Waals surface area contributed by atoms with Crippen LogP contribution in [0.15, 0.2) is 36.4 Å². The zero-order valence-corrected chi connectivity index (χ0v) is 22.3. The molecule has 0 aromatic heterocycles. The van der Waals surface area contributed by atoms with Gasteiger partial charge in [-0.05, 0) is 46.9 Å². The number of amides is 3. The third-order valence-corrected chi connectivity index (χ3v) is 7.29. The van der Waals surface area contributed by atoms with Gasteiger partial charge < -0.3 is 29.3 Å². The van der Waals surface area contributed by atoms with Gasteiger partial charge in [0.1, 0.15) is 17.2 Å². The molecule has 204 valence electrons. The molecule has 0 bridgehead atoms. The molecule has 9 heteroatoms. The average molecular weight is 526 g/mol. The second-order valence-corrected chi connectivity index (χ2v) is 11.6. The number of piperidine rings is 1. The molecule has 38 heavy (non-hydrogen) atoms. The molecule has 0 aliphatic carbocycles. The summed E-state index contributed by atoms with van der Waals surface area (Å²) < 4.78 is 32.3. The maximum atomic E-state index is 15.1. The van der Waals surface area contributed by atoms with Crippen molar-refractivity contribution in [3.8, 4) is 16.9 Å². The molecule has 2 aromatic rings. The smallest absolute Gasteiger partial charge is 0.409 e. The Hall–Kier alpha value is -3.33. The predicted molar refractivity (Wildman–Crippen MR) is 142 cm³/mol. The second-order valence-electron chi connectivity index (χ2n) is 11.6. The summed E-state index contributed by atoms with van der Waals surface area (Å²) in [7, 11) is 0. The van der Waals surface area contributed by atoms with Crippen LogP contribution in [0.4, 0.5) is 19.7 Å². The van der Waals surface area contributed by atoms with Crippen molar-refractivity contribution in [3.05, 3.63) is 47.8 Å². The summed E-state index contributed by atoms with van der Waals surface area (Å²) in [5.74, 6) is 0.410. The highest BCUT2D eigenvalue weighted by molar-refractivity contribution is 5.89. The highest BCUT2D eigenvalue weighted by Crippen LogP contribution is 2.43. The van der Waals surface area contributed by atoms with Crippen molar-refractivity contribution in [2.45, 2.75) is 45.6 Å². The number of carbonyl (C=O) groups is 2. The van der Waals surface area contributed by atoms with Gasteiger partial charge in [-0.25, -0.2) is 14.0 Å². The molecule has 5 rings (SSSR count). The Labute approximate surface area is 223 Å². The number of benzene rings is 2. The predicted octanol–water partition coefficient (Wildman–Crippen LogP) is 5.31. The molecule has 3 heterocycles. The lowest BCUT2D eigenvalue weighted by Crippen LogP contribution is -2.49. The fourth-order valence-corrected chi connectivity index (χ4v) is 5.14. The van der Waals surface area contributed by atoms with Crippen LogP contribution in [0, 0.1) is 11.2 Å². The third kappa shape index (κ3) is 5.88. The Morgan fingerprint density at radius 2 is 1.76 bits per heavy atom. The van der Waals surface area contributed by atoms with E-state index in [1.807, 2.05) is 39.0 Å². The van der Waals surface area contributed by atoms with E-state index in [1.165, 1.54) is 6.07 Å². The molecule has 3 aliphatic heterocycles. The van der Waals surface area contributed by atoms with E-state index in [9.17, 15) is 9.59 Å². The third-order valence-electron chi connectivity index (χ3n) is 7.29. The van der Waals surface area contributed by atoms with Crippen LogP contribution < -0.4 is 10.1 Å². The van der Waals surface area contributed by atoms with Crippen LogP contribution in [0.25, 0.3) is 11.1 Å². The quantitative estimate of drug-likeness (QED) is 0.588. The second kappa shape index (κ2) is 10.4. The van der Waals surface area contributed by atoms with Crippen LogP contribution >= 0.6 is 0 Å². The molecule has 0 atom stereocenters. The number of likely N-dealkylation sites (tertiary alicyclic amines) is 1. The molecule has 0 unspecified atom stereocenters. The van der Waals surface area contributed by atoms with E-state index in [-0.39, 0.29) is 23.1 Å². The Kier molecular flexibility index (Phi) is 7.22. The van der Waals surface area contributed by atoms with Gasteiger partial charge in [-0.2, -0.15) is 0 Å². The largest absolute Gasteiger partial charge is 0.487 e. The van der Waals surface area contributed by atoms with Crippen molar-refractivity contribution in [1.29, 1.82) is 0 Å². The summed E-state index contributed by atoms with van der Waals surface area (Å²) in [5, 5.41) is 2.77. The number of nitrogens with zero attached hydrogens (tertiary/aromatic N) is 2. The molecule has 8 nitrogen and oxygen atoms in total. The first kappa shape index (κ1) is 26.3. The Bertz CT molecular complexity index is 1200. The minimum absolute atomic E-state index is 0.0722. The normalized spacial score (nSPS) is 18.6. The summed E-state index contributed by atoms with van der Waals surface area (Å²) in [6.45, 7) is 9.70. The number of nitrogens with one attached hydrogen (secondary N) is 1. The van der Waals surface area contributed by atoms with Crippen LogP contribution in [0.2, 0.25) is 0 Å². The number of anilines is 1. The number of fused-ring (bicyclic) bond motifs is 1. The summed E-state index contributed by atoms with van der Waals surface area (Å²) in [4.78, 5) is 28.3. The number of rotatable bonds is 3. The molecule has 3 aliphatic rings. The van der Waals surface area contributed by atoms with Gasteiger partial charge in [0.2, 0.25) is 0 Å². The fourth-order valence-electron chi connectivity index (χ4n) is 5.14. The Morgan fingerprint density at radius 1 is 1.03 bits per heavy atom. The zero-order valence-electron chi connectivity index (χ0n) is 22.3. The maximum Gasteiger partial charge on any atom is 0.409 e. The number of urea groups is 1. The monoisotopic (exact) mass is 525 g/mol. The van der Waals surface area contributed by atoms with Crippen molar-refractivity contribution >= 4 is 17.8 Å². The van der Waals surface area contributed by atoms with Crippen molar-refractivity contribution < 1.29 is 28.2 Å². The van der Waals surface area contributed by atoms with E-state index in [1.54, 1.807) is 21.9 Å². The molecule has 1 N–H and O–H groups in total. The first-order chi connectivity index (χ1) is 18.1. The van der Waals surface area contributed by atoms with Gasteiger partial charge in [-0.1, -0.05) is 26.8 Å². The van der Waals surface area contributed by atoms with Gasteiger partial charge >= 0.3 is 12.1 Å². The molecular weight excluding hydrogens is 489 g/mol. The number of hydrogen-bond donors (Lipinski definition) is 1. The molecular formula is C29H36FN3O5. The lowest BCUT2D eigenvalue weighted by atomic mass is 9.86. The Balaban J connectivity index is 1.21. The summed E-state index contributed by atoms with van der Waals surface area (Å²) in [6.07, 6.45) is 1.88. The van der Waals surface area contributed by atoms with Gasteiger partial charge in [0, 0.05) is 56.7 Å². The number of morpholine rings is 1. The first-order valence-corrected chi connectivity index (χ1v) is 13.3. The van der Waals surface area contributed by atoms with Gasteiger partial charge in [0.15, 0.2) is 0 Å². The Morgan fingerprint density at radius 3 is 2.45 bits per heavy atom. The van der Waals surface area contributed by atoms with Gasteiger partial charge in [-0.15, -0.1) is 0 Å². The minimum atomic E-state index is -0.402. The summed E-state index contributed by atoms with van der Waals surface area (Å²) >= 11 is 0. The van der Waals surface area contributed by atoms with Crippen LogP contribution in [0.3, 0.4) is 0 Å². The van der Waals surface area contributed by atoms with E-state index < -0.39 is 5.82 Å². The van der Waals surface area contributed by atoms with E-state index in [0.717, 1.165) is 23.3 Å². The topological polar surface area (TPSA) is 80.3 Å². The average Bonchev–Trinajstić information content (AvgIpc) is 3.24. The zero-order chi connectivity index (χ0) is 26.9. The van der Waals surface area contributed by atoms with Crippen molar-refractivity contribution in [2.24, 2.45) is 5.41 Å². The maximum absolute atomic E-state index is 15.1. The van der Waals surface area contributed by atoms with E-state index >= 15 is 4.39 Å². The molecule has 2 aromatic carbocycles. The SMILES string of the molecule is CC(C)(C)COC(=O)N1CCC2(CC1)Cc1cc(-c3ccc(NC(=O)N4CCOCC4)cc3F)ccc1O2. The van der Waals surface area contributed by atoms with Crippen molar-refractivity contribution in [1.82, 2.24) is 9.80 Å². The van der Waals surface area contributed by atoms with Gasteiger partial charge in [-0.3, -0.25) is 0 Å². The van der Waals surface area contributed by atoms with E-state index in [0.29, 0.717) is 70.1 Å². The van der Waals surface area contributed by atoms with Crippen LogP contribution in [-0.2, 0) is 15.9 Å². The van der Waals surface area contributed by atoms with Crippen LogP contribution in [0.1, 0.15) is 39.2 Å². The molecule has 0 saturated carbocycles.